The van der Waals surface area contributed by atoms with Crippen molar-refractivity contribution in [2.45, 2.75) is 36.8 Å². The Morgan fingerprint density at radius 3 is 2.60 bits per heavy atom. The van der Waals surface area contributed by atoms with Crippen LogP contribution in [0.15, 0.2) is 83.7 Å². The minimum absolute atomic E-state index is 0.0237. The van der Waals surface area contributed by atoms with Crippen LogP contribution in [0.1, 0.15) is 46.9 Å². The quantitative estimate of drug-likeness (QED) is 0.0847. The van der Waals surface area contributed by atoms with Crippen LogP contribution in [0.2, 0.25) is 5.02 Å². The van der Waals surface area contributed by atoms with Crippen molar-refractivity contribution in [3.63, 3.8) is 0 Å². The zero-order valence-electron chi connectivity index (χ0n) is 28.2. The summed E-state index contributed by atoms with van der Waals surface area (Å²) in [6.07, 6.45) is 8.06. The van der Waals surface area contributed by atoms with Crippen molar-refractivity contribution in [1.82, 2.24) is 4.98 Å². The number of hydrogen-bond donors (Lipinski definition) is 3. The number of aliphatic hydroxyl groups is 1. The van der Waals surface area contributed by atoms with Gasteiger partial charge in [-0.25, -0.2) is 22.9 Å². The summed E-state index contributed by atoms with van der Waals surface area (Å²) in [7, 11) is 1.39. The first-order valence-corrected chi connectivity index (χ1v) is 16.4. The molecule has 0 saturated heterocycles. The second kappa shape index (κ2) is 13.5. The second-order valence-electron chi connectivity index (χ2n) is 12.9. The number of nitrogens with two attached hydrogens (primary N) is 2. The molecule has 268 valence electrons. The summed E-state index contributed by atoms with van der Waals surface area (Å²) in [4.78, 5) is 36.1. The Kier molecular flexibility index (Phi) is 9.45. The summed E-state index contributed by atoms with van der Waals surface area (Å²) in [5.41, 5.74) is 8.28. The first-order valence-electron chi connectivity index (χ1n) is 16.0. The monoisotopic (exact) mass is 732 g/mol. The molecule has 2 atom stereocenters. The molecule has 5 N–H and O–H groups in total. The fourth-order valence-corrected chi connectivity index (χ4v) is 6.14. The number of methoxy groups -OCH3 is 1. The topological polar surface area (TPSA) is 153 Å². The van der Waals surface area contributed by atoms with Crippen LogP contribution >= 0.6 is 11.6 Å². The lowest BCUT2D eigenvalue weighted by molar-refractivity contribution is -0.449. The van der Waals surface area contributed by atoms with Crippen molar-refractivity contribution in [1.29, 1.82) is 0 Å². The number of pyridine rings is 1. The molecule has 0 bridgehead atoms. The SMILES string of the molecule is C=C/C=C(F)\C=C1\C=[N+](C(=O)c2cc(C=NC3CC3)c(N)c(OC)c2)CC(O)(c2cc3c(c(-c4cc(Cl)c(F)cc4F)n2)OC[C@]3(C)C(N)=O)C1=C. The Morgan fingerprint density at radius 2 is 1.94 bits per heavy atom. The van der Waals surface area contributed by atoms with Gasteiger partial charge in [0.15, 0.2) is 18.4 Å². The van der Waals surface area contributed by atoms with E-state index in [0.29, 0.717) is 11.6 Å². The van der Waals surface area contributed by atoms with Crippen molar-refractivity contribution in [3.05, 3.63) is 118 Å². The number of aliphatic imine (C=N–C) groups is 1. The van der Waals surface area contributed by atoms with Crippen LogP contribution < -0.4 is 20.9 Å². The van der Waals surface area contributed by atoms with E-state index >= 15 is 8.78 Å². The number of aromatic nitrogens is 1. The number of hydrogen-bond acceptors (Lipinski definition) is 8. The number of ether oxygens (including phenoxy) is 2. The molecular formula is C38H34ClF3N5O5+. The first kappa shape index (κ1) is 36.3. The maximum Gasteiger partial charge on any atom is 0.419 e. The van der Waals surface area contributed by atoms with Crippen LogP contribution in [-0.2, 0) is 15.8 Å². The normalized spacial score (nSPS) is 22.3. The van der Waals surface area contributed by atoms with Crippen LogP contribution in [0.5, 0.6) is 11.5 Å². The minimum Gasteiger partial charge on any atom is -0.495 e. The van der Waals surface area contributed by atoms with E-state index in [9.17, 15) is 19.1 Å². The van der Waals surface area contributed by atoms with Gasteiger partial charge in [0.1, 0.15) is 46.7 Å². The molecule has 2 aromatic carbocycles. The van der Waals surface area contributed by atoms with Gasteiger partial charge >= 0.3 is 5.91 Å². The van der Waals surface area contributed by atoms with Crippen LogP contribution in [0.3, 0.4) is 0 Å². The molecule has 6 rings (SSSR count). The van der Waals surface area contributed by atoms with Gasteiger partial charge in [0.2, 0.25) is 5.91 Å². The average molecular weight is 733 g/mol. The average Bonchev–Trinajstić information content (AvgIpc) is 3.87. The van der Waals surface area contributed by atoms with Gasteiger partial charge in [-0.2, -0.15) is 4.58 Å². The number of halogens is 4. The van der Waals surface area contributed by atoms with Gasteiger partial charge in [-0.1, -0.05) is 30.8 Å². The summed E-state index contributed by atoms with van der Waals surface area (Å²) >= 11 is 6.04. The largest absolute Gasteiger partial charge is 0.495 e. The predicted octanol–water partition coefficient (Wildman–Crippen LogP) is 5.63. The fraction of sp³-hybridized carbons (Fsp3) is 0.237. The van der Waals surface area contributed by atoms with E-state index < -0.39 is 51.9 Å². The van der Waals surface area contributed by atoms with Crippen LogP contribution in [-0.4, -0.2) is 65.2 Å². The minimum atomic E-state index is -2.32. The molecule has 52 heavy (non-hydrogen) atoms. The number of allylic oxidation sites excluding steroid dienone is 4. The highest BCUT2D eigenvalue weighted by atomic mass is 35.5. The molecule has 1 aromatic heterocycles. The van der Waals surface area contributed by atoms with E-state index in [0.717, 1.165) is 35.6 Å². The Labute approximate surface area is 301 Å². The number of primary amides is 1. The molecule has 3 aromatic rings. The molecule has 1 fully saturated rings. The number of amides is 2. The van der Waals surface area contributed by atoms with Gasteiger partial charge in [0.25, 0.3) is 0 Å². The Bertz CT molecular complexity index is 2210. The zero-order chi connectivity index (χ0) is 37.7. The van der Waals surface area contributed by atoms with Gasteiger partial charge in [-0.15, -0.1) is 0 Å². The Hall–Kier alpha value is -5.53. The number of β-amino-alcohol motifs (C(OH)–C–C–N with tert-alkyl or cyclic N) is 1. The number of benzene rings is 2. The van der Waals surface area contributed by atoms with Crippen LogP contribution in [0, 0.1) is 11.6 Å². The third kappa shape index (κ3) is 6.41. The highest BCUT2D eigenvalue weighted by molar-refractivity contribution is 6.31. The molecule has 3 heterocycles. The summed E-state index contributed by atoms with van der Waals surface area (Å²) in [6.45, 7) is 8.23. The molecule has 1 aliphatic carbocycles. The lowest BCUT2D eigenvalue weighted by Gasteiger charge is -2.32. The highest BCUT2D eigenvalue weighted by Gasteiger charge is 2.50. The van der Waals surface area contributed by atoms with Gasteiger partial charge in [0.05, 0.1) is 35.1 Å². The van der Waals surface area contributed by atoms with Crippen LogP contribution in [0.4, 0.5) is 18.9 Å². The van der Waals surface area contributed by atoms with E-state index in [1.165, 1.54) is 44.5 Å². The van der Waals surface area contributed by atoms with E-state index in [1.54, 1.807) is 6.21 Å². The number of carbonyl (C=O) groups is 2. The molecule has 2 amide bonds. The van der Waals surface area contributed by atoms with Crippen molar-refractivity contribution in [3.8, 4) is 22.8 Å². The van der Waals surface area contributed by atoms with Crippen molar-refractivity contribution < 1.29 is 41.9 Å². The molecule has 1 saturated carbocycles. The van der Waals surface area contributed by atoms with Crippen LogP contribution in [0.25, 0.3) is 11.3 Å². The summed E-state index contributed by atoms with van der Waals surface area (Å²) in [6, 6.07) is 6.00. The number of rotatable bonds is 9. The molecule has 14 heteroatoms. The zero-order valence-corrected chi connectivity index (χ0v) is 28.9. The summed E-state index contributed by atoms with van der Waals surface area (Å²) in [5.74, 6) is -4.21. The summed E-state index contributed by atoms with van der Waals surface area (Å²) < 4.78 is 57.1. The van der Waals surface area contributed by atoms with Crippen molar-refractivity contribution in [2.24, 2.45) is 10.7 Å². The third-order valence-corrected chi connectivity index (χ3v) is 9.58. The lowest BCUT2D eigenvalue weighted by atomic mass is 9.78. The van der Waals surface area contributed by atoms with Crippen molar-refractivity contribution >= 4 is 41.5 Å². The number of carbonyl (C=O) groups excluding carboxylic acids is 2. The number of anilines is 1. The van der Waals surface area contributed by atoms with E-state index in [4.69, 9.17) is 32.5 Å². The van der Waals surface area contributed by atoms with E-state index in [2.05, 4.69) is 23.1 Å². The fourth-order valence-electron chi connectivity index (χ4n) is 5.98. The molecule has 3 aliphatic rings. The molecular weight excluding hydrogens is 699 g/mol. The first-order chi connectivity index (χ1) is 24.6. The van der Waals surface area contributed by atoms with Gasteiger partial charge < -0.3 is 26.0 Å². The van der Waals surface area contributed by atoms with Gasteiger partial charge in [0, 0.05) is 40.1 Å². The predicted molar refractivity (Wildman–Crippen MR) is 191 cm³/mol. The maximum absolute atomic E-state index is 15.4. The molecule has 0 radical (unpaired) electrons. The number of nitrogens with zero attached hydrogens (tertiary/aromatic N) is 3. The molecule has 2 aliphatic heterocycles. The van der Waals surface area contributed by atoms with Gasteiger partial charge in [-0.05, 0) is 56.2 Å². The molecule has 0 spiro atoms. The molecule has 1 unspecified atom stereocenters. The maximum atomic E-state index is 15.4. The van der Waals surface area contributed by atoms with E-state index in [1.807, 2.05) is 0 Å². The highest BCUT2D eigenvalue weighted by Crippen LogP contribution is 2.48. The van der Waals surface area contributed by atoms with Gasteiger partial charge in [-0.3, -0.25) is 9.79 Å². The third-order valence-electron chi connectivity index (χ3n) is 9.29. The molecule has 10 nitrogen and oxygen atoms in total. The van der Waals surface area contributed by atoms with E-state index in [-0.39, 0.29) is 69.1 Å². The Morgan fingerprint density at radius 1 is 1.21 bits per heavy atom. The lowest BCUT2D eigenvalue weighted by Crippen LogP contribution is -2.46. The summed E-state index contributed by atoms with van der Waals surface area (Å²) in [5, 5.41) is 12.2. The number of fused-ring (bicyclic) bond motifs is 1. The standard InChI is InChI=1S/C38H33ClF3N5O5/c1-5-6-23(40)10-22-16-47(35(48)20-9-21(15-45-24-7-8-24)32(43)30(11-20)51-4)17-38(50,19(22)2)31-13-26-34(52-18-37(26,3)36(44)49)33(46-31)25-12-27(39)29(42)14-28(25)41/h5-6,9-16,24,50H,1-2,7-8,17-18H2,3-4H3,(H3-,43,44,45,48,49)/p+1/b22-10-,23-6+/t37-,38?/m0/s1. The second-order valence-corrected chi connectivity index (χ2v) is 13.3. The number of nitrogen functional groups attached to an aromatic ring is 1. The Balaban J connectivity index is 1.56. The van der Waals surface area contributed by atoms with Crippen molar-refractivity contribution in [2.75, 3.05) is 26.0 Å². The smallest absolute Gasteiger partial charge is 0.419 e.